The van der Waals surface area contributed by atoms with Crippen molar-refractivity contribution in [3.63, 3.8) is 0 Å². The minimum atomic E-state index is -0.845. The third-order valence-corrected chi connectivity index (χ3v) is 4.00. The van der Waals surface area contributed by atoms with Crippen molar-refractivity contribution in [3.05, 3.63) is 41.9 Å². The van der Waals surface area contributed by atoms with E-state index in [2.05, 4.69) is 9.97 Å². The van der Waals surface area contributed by atoms with Gasteiger partial charge in [0, 0.05) is 17.5 Å². The zero-order valence-electron chi connectivity index (χ0n) is 11.1. The molecule has 0 aliphatic heterocycles. The van der Waals surface area contributed by atoms with Gasteiger partial charge in [-0.25, -0.2) is 13.8 Å². The van der Waals surface area contributed by atoms with Crippen LogP contribution in [-0.4, -0.2) is 16.0 Å². The van der Waals surface area contributed by atoms with E-state index in [9.17, 15) is 8.78 Å². The number of benzene rings is 1. The summed E-state index contributed by atoms with van der Waals surface area (Å²) in [5.74, 6) is -0.508. The molecule has 0 bridgehead atoms. The fourth-order valence-electron chi connectivity index (χ4n) is 2.79. The Kier molecular flexibility index (Phi) is 3.53. The highest BCUT2D eigenvalue weighted by molar-refractivity contribution is 5.59. The Morgan fingerprint density at radius 3 is 2.65 bits per heavy atom. The Labute approximate surface area is 116 Å². The molecule has 0 atom stereocenters. The van der Waals surface area contributed by atoms with Crippen LogP contribution in [0.2, 0.25) is 0 Å². The molecule has 1 fully saturated rings. The van der Waals surface area contributed by atoms with Crippen LogP contribution in [0.3, 0.4) is 0 Å². The zero-order valence-corrected chi connectivity index (χ0v) is 11.1. The van der Waals surface area contributed by atoms with Crippen LogP contribution in [0.1, 0.15) is 37.4 Å². The normalized spacial score (nSPS) is 22.9. The molecule has 106 valence electrons. The summed E-state index contributed by atoms with van der Waals surface area (Å²) in [5.41, 5.74) is 6.62. The highest BCUT2D eigenvalue weighted by atomic mass is 19.2. The van der Waals surface area contributed by atoms with Gasteiger partial charge < -0.3 is 10.7 Å². The Morgan fingerprint density at radius 1 is 1.15 bits per heavy atom. The first kappa shape index (κ1) is 13.2. The highest BCUT2D eigenvalue weighted by Gasteiger charge is 2.23. The summed E-state index contributed by atoms with van der Waals surface area (Å²) in [6.45, 7) is 0. The number of aromatic nitrogens is 2. The van der Waals surface area contributed by atoms with Crippen molar-refractivity contribution < 1.29 is 8.78 Å². The summed E-state index contributed by atoms with van der Waals surface area (Å²) in [6.07, 6.45) is 5.51. The number of halogens is 2. The minimum Gasteiger partial charge on any atom is -0.342 e. The SMILES string of the molecule is NC1CCC(c2ncc(-c3cccc(F)c3F)[nH]2)CC1. The molecule has 2 aromatic rings. The lowest BCUT2D eigenvalue weighted by molar-refractivity contribution is 0.386. The average Bonchev–Trinajstić information content (AvgIpc) is 2.92. The van der Waals surface area contributed by atoms with E-state index in [1.165, 1.54) is 6.07 Å². The van der Waals surface area contributed by atoms with E-state index in [1.54, 1.807) is 12.3 Å². The van der Waals surface area contributed by atoms with Crippen molar-refractivity contribution in [3.8, 4) is 11.3 Å². The minimum absolute atomic E-state index is 0.219. The van der Waals surface area contributed by atoms with Crippen molar-refractivity contribution in [1.82, 2.24) is 9.97 Å². The number of hydrogen-bond acceptors (Lipinski definition) is 2. The lowest BCUT2D eigenvalue weighted by Crippen LogP contribution is -2.26. The molecular formula is C15H17F2N3. The van der Waals surface area contributed by atoms with Crippen LogP contribution in [0.15, 0.2) is 24.4 Å². The number of hydrogen-bond donors (Lipinski definition) is 2. The van der Waals surface area contributed by atoms with E-state index in [1.807, 2.05) is 0 Å². The third-order valence-electron chi connectivity index (χ3n) is 4.00. The molecule has 1 aromatic heterocycles. The van der Waals surface area contributed by atoms with E-state index in [4.69, 9.17) is 5.73 Å². The molecule has 5 heteroatoms. The van der Waals surface area contributed by atoms with E-state index in [-0.39, 0.29) is 11.6 Å². The largest absolute Gasteiger partial charge is 0.342 e. The molecule has 1 aliphatic carbocycles. The second kappa shape index (κ2) is 5.32. The second-order valence-electron chi connectivity index (χ2n) is 5.40. The molecular weight excluding hydrogens is 260 g/mol. The number of aromatic amines is 1. The summed E-state index contributed by atoms with van der Waals surface area (Å²) in [7, 11) is 0. The first-order valence-electron chi connectivity index (χ1n) is 6.90. The highest BCUT2D eigenvalue weighted by Crippen LogP contribution is 2.32. The predicted molar refractivity (Wildman–Crippen MR) is 73.1 cm³/mol. The summed E-state index contributed by atoms with van der Waals surface area (Å²) < 4.78 is 27.0. The van der Waals surface area contributed by atoms with Crippen LogP contribution >= 0.6 is 0 Å². The van der Waals surface area contributed by atoms with Crippen molar-refractivity contribution in [2.45, 2.75) is 37.6 Å². The van der Waals surface area contributed by atoms with Gasteiger partial charge in [-0.2, -0.15) is 0 Å². The van der Waals surface area contributed by atoms with E-state index in [0.29, 0.717) is 11.6 Å². The molecule has 20 heavy (non-hydrogen) atoms. The topological polar surface area (TPSA) is 54.7 Å². The van der Waals surface area contributed by atoms with E-state index in [0.717, 1.165) is 37.6 Å². The fourth-order valence-corrected chi connectivity index (χ4v) is 2.79. The summed E-state index contributed by atoms with van der Waals surface area (Å²) in [5, 5.41) is 0. The molecule has 0 unspecified atom stereocenters. The average molecular weight is 277 g/mol. The number of nitrogens with one attached hydrogen (secondary N) is 1. The maximum atomic E-state index is 13.8. The summed E-state index contributed by atoms with van der Waals surface area (Å²) in [6, 6.07) is 4.43. The monoisotopic (exact) mass is 277 g/mol. The van der Waals surface area contributed by atoms with Crippen LogP contribution in [-0.2, 0) is 0 Å². The number of nitrogens with zero attached hydrogens (tertiary/aromatic N) is 1. The molecule has 1 saturated carbocycles. The van der Waals surface area contributed by atoms with Crippen LogP contribution < -0.4 is 5.73 Å². The number of rotatable bonds is 2. The van der Waals surface area contributed by atoms with E-state index < -0.39 is 11.6 Å². The van der Waals surface area contributed by atoms with Gasteiger partial charge in [-0.1, -0.05) is 6.07 Å². The molecule has 3 N–H and O–H groups in total. The molecule has 1 aliphatic rings. The lowest BCUT2D eigenvalue weighted by atomic mass is 9.86. The summed E-state index contributed by atoms with van der Waals surface area (Å²) >= 11 is 0. The standard InChI is InChI=1S/C15H17F2N3/c16-12-3-1-2-11(14(12)17)13-8-19-15(20-13)9-4-6-10(18)7-5-9/h1-3,8-10H,4-7,18H2,(H,19,20). The molecule has 0 saturated heterocycles. The van der Waals surface area contributed by atoms with Gasteiger partial charge in [-0.3, -0.25) is 0 Å². The molecule has 1 aromatic carbocycles. The van der Waals surface area contributed by atoms with Gasteiger partial charge in [0.1, 0.15) is 5.82 Å². The summed E-state index contributed by atoms with van der Waals surface area (Å²) in [4.78, 5) is 7.45. The van der Waals surface area contributed by atoms with Gasteiger partial charge in [0.2, 0.25) is 0 Å². The number of H-pyrrole nitrogens is 1. The van der Waals surface area contributed by atoms with Gasteiger partial charge >= 0.3 is 0 Å². The second-order valence-corrected chi connectivity index (χ2v) is 5.40. The maximum absolute atomic E-state index is 13.8. The van der Waals surface area contributed by atoms with Gasteiger partial charge in [0.25, 0.3) is 0 Å². The Balaban J connectivity index is 1.85. The molecule has 0 spiro atoms. The predicted octanol–water partition coefficient (Wildman–Crippen LogP) is 3.34. The fraction of sp³-hybridized carbons (Fsp3) is 0.400. The van der Waals surface area contributed by atoms with Crippen LogP contribution in [0.25, 0.3) is 11.3 Å². The van der Waals surface area contributed by atoms with Crippen molar-refractivity contribution in [2.75, 3.05) is 0 Å². The van der Waals surface area contributed by atoms with Gasteiger partial charge in [0.05, 0.1) is 11.9 Å². The first-order valence-corrected chi connectivity index (χ1v) is 6.90. The first-order chi connectivity index (χ1) is 9.65. The van der Waals surface area contributed by atoms with Crippen LogP contribution in [0.4, 0.5) is 8.78 Å². The van der Waals surface area contributed by atoms with Crippen LogP contribution in [0.5, 0.6) is 0 Å². The Hall–Kier alpha value is -1.75. The molecule has 0 radical (unpaired) electrons. The third kappa shape index (κ3) is 2.45. The lowest BCUT2D eigenvalue weighted by Gasteiger charge is -2.24. The van der Waals surface area contributed by atoms with Gasteiger partial charge in [-0.15, -0.1) is 0 Å². The number of nitrogens with two attached hydrogens (primary N) is 1. The molecule has 0 amide bonds. The van der Waals surface area contributed by atoms with Crippen LogP contribution in [0, 0.1) is 11.6 Å². The van der Waals surface area contributed by atoms with Gasteiger partial charge in [-0.05, 0) is 37.8 Å². The van der Waals surface area contributed by atoms with Gasteiger partial charge in [0.15, 0.2) is 11.6 Å². The van der Waals surface area contributed by atoms with Crippen molar-refractivity contribution in [1.29, 1.82) is 0 Å². The molecule has 1 heterocycles. The molecule has 3 rings (SSSR count). The number of imidazole rings is 1. The smallest absolute Gasteiger partial charge is 0.168 e. The Bertz CT molecular complexity index is 601. The van der Waals surface area contributed by atoms with E-state index >= 15 is 0 Å². The maximum Gasteiger partial charge on any atom is 0.168 e. The quantitative estimate of drug-likeness (QED) is 0.884. The molecule has 3 nitrogen and oxygen atoms in total. The van der Waals surface area contributed by atoms with Crippen molar-refractivity contribution >= 4 is 0 Å². The van der Waals surface area contributed by atoms with Crippen molar-refractivity contribution in [2.24, 2.45) is 5.73 Å². The zero-order chi connectivity index (χ0) is 14.1. The Morgan fingerprint density at radius 2 is 1.90 bits per heavy atom.